The number of hydrogen-bond acceptors (Lipinski definition) is 3. The summed E-state index contributed by atoms with van der Waals surface area (Å²) in [6.45, 7) is 2.58. The number of hydrogen-bond donors (Lipinski definition) is 2. The molecule has 6 heteroatoms. The highest BCUT2D eigenvalue weighted by molar-refractivity contribution is 5.82. The number of likely N-dealkylation sites (tertiary alicyclic amines) is 1. The molecule has 0 aromatic rings. The van der Waals surface area contributed by atoms with E-state index in [0.717, 1.165) is 12.8 Å². The second-order valence-electron chi connectivity index (χ2n) is 4.37. The number of carbonyl (C=O) groups excluding carboxylic acids is 1. The van der Waals surface area contributed by atoms with E-state index in [0.29, 0.717) is 13.1 Å². The zero-order valence-electron chi connectivity index (χ0n) is 9.18. The first kappa shape index (κ1) is 11.2. The highest BCUT2D eigenvalue weighted by Gasteiger charge is 2.36. The van der Waals surface area contributed by atoms with Crippen molar-refractivity contribution in [1.29, 1.82) is 0 Å². The van der Waals surface area contributed by atoms with Crippen LogP contribution in [0.1, 0.15) is 19.8 Å². The van der Waals surface area contributed by atoms with Crippen LogP contribution < -0.4 is 5.32 Å². The molecule has 6 nitrogen and oxygen atoms in total. The summed E-state index contributed by atoms with van der Waals surface area (Å²) >= 11 is 0. The molecule has 0 aromatic heterocycles. The highest BCUT2D eigenvalue weighted by Crippen LogP contribution is 2.26. The van der Waals surface area contributed by atoms with Gasteiger partial charge in [-0.15, -0.1) is 0 Å². The Morgan fingerprint density at radius 1 is 1.38 bits per heavy atom. The quantitative estimate of drug-likeness (QED) is 0.699. The van der Waals surface area contributed by atoms with E-state index in [1.807, 2.05) is 0 Å². The number of rotatable bonds is 2. The van der Waals surface area contributed by atoms with E-state index in [2.05, 4.69) is 5.32 Å². The Hall–Kier alpha value is -1.30. The molecule has 2 aliphatic heterocycles. The molecule has 0 radical (unpaired) electrons. The van der Waals surface area contributed by atoms with Crippen LogP contribution in [0.5, 0.6) is 0 Å². The fourth-order valence-electron chi connectivity index (χ4n) is 2.12. The van der Waals surface area contributed by atoms with Crippen LogP contribution in [-0.2, 0) is 9.53 Å². The SMILES string of the molecule is C[C@H](NC(=O)N1CC2CCC(C1)O2)C(=O)O. The Morgan fingerprint density at radius 3 is 2.44 bits per heavy atom. The minimum Gasteiger partial charge on any atom is -0.480 e. The minimum atomic E-state index is -1.02. The van der Waals surface area contributed by atoms with Crippen molar-refractivity contribution in [2.45, 2.75) is 38.0 Å². The third kappa shape index (κ3) is 2.27. The Kier molecular flexibility index (Phi) is 3.00. The molecule has 16 heavy (non-hydrogen) atoms. The molecule has 90 valence electrons. The second-order valence-corrected chi connectivity index (χ2v) is 4.37. The summed E-state index contributed by atoms with van der Waals surface area (Å²) < 4.78 is 5.59. The van der Waals surface area contributed by atoms with Crippen molar-refractivity contribution < 1.29 is 19.4 Å². The number of amides is 2. The maximum atomic E-state index is 11.7. The maximum absolute atomic E-state index is 11.7. The smallest absolute Gasteiger partial charge is 0.325 e. The van der Waals surface area contributed by atoms with Crippen molar-refractivity contribution in [3.8, 4) is 0 Å². The summed E-state index contributed by atoms with van der Waals surface area (Å²) in [4.78, 5) is 24.0. The van der Waals surface area contributed by atoms with Crippen molar-refractivity contribution in [2.24, 2.45) is 0 Å². The molecule has 3 atom stereocenters. The molecule has 2 amide bonds. The number of carboxylic acids is 1. The molecule has 0 spiro atoms. The van der Waals surface area contributed by atoms with E-state index in [9.17, 15) is 9.59 Å². The number of morpholine rings is 1. The van der Waals surface area contributed by atoms with Gasteiger partial charge in [-0.3, -0.25) is 4.79 Å². The van der Waals surface area contributed by atoms with E-state index in [1.54, 1.807) is 4.90 Å². The van der Waals surface area contributed by atoms with Gasteiger partial charge >= 0.3 is 12.0 Å². The third-order valence-corrected chi connectivity index (χ3v) is 3.04. The van der Waals surface area contributed by atoms with Crippen LogP contribution in [0, 0.1) is 0 Å². The molecule has 2 unspecified atom stereocenters. The lowest BCUT2D eigenvalue weighted by Crippen LogP contribution is -2.52. The Balaban J connectivity index is 1.88. The van der Waals surface area contributed by atoms with Crippen LogP contribution in [0.25, 0.3) is 0 Å². The first-order chi connectivity index (χ1) is 7.56. The number of carboxylic acid groups (broad SMARTS) is 1. The maximum Gasteiger partial charge on any atom is 0.325 e. The molecular formula is C10H16N2O4. The summed E-state index contributed by atoms with van der Waals surface area (Å²) in [6.07, 6.45) is 2.24. The number of nitrogens with zero attached hydrogens (tertiary/aromatic N) is 1. The van der Waals surface area contributed by atoms with Crippen molar-refractivity contribution in [3.63, 3.8) is 0 Å². The average Bonchev–Trinajstić information content (AvgIpc) is 2.57. The number of aliphatic carboxylic acids is 1. The molecule has 2 heterocycles. The lowest BCUT2D eigenvalue weighted by molar-refractivity contribution is -0.138. The number of nitrogens with one attached hydrogen (secondary N) is 1. The number of fused-ring (bicyclic) bond motifs is 2. The van der Waals surface area contributed by atoms with Gasteiger partial charge in [-0.05, 0) is 19.8 Å². The Labute approximate surface area is 93.6 Å². The van der Waals surface area contributed by atoms with Crippen molar-refractivity contribution in [1.82, 2.24) is 10.2 Å². The van der Waals surface area contributed by atoms with E-state index < -0.39 is 12.0 Å². The van der Waals surface area contributed by atoms with Crippen molar-refractivity contribution in [3.05, 3.63) is 0 Å². The average molecular weight is 228 g/mol. The minimum absolute atomic E-state index is 0.129. The van der Waals surface area contributed by atoms with Gasteiger partial charge in [-0.2, -0.15) is 0 Å². The largest absolute Gasteiger partial charge is 0.480 e. The first-order valence-electron chi connectivity index (χ1n) is 5.50. The Morgan fingerprint density at radius 2 is 1.94 bits per heavy atom. The molecule has 2 saturated heterocycles. The third-order valence-electron chi connectivity index (χ3n) is 3.04. The van der Waals surface area contributed by atoms with Gasteiger partial charge in [0, 0.05) is 13.1 Å². The van der Waals surface area contributed by atoms with Gasteiger partial charge in [0.1, 0.15) is 6.04 Å². The van der Waals surface area contributed by atoms with Gasteiger partial charge < -0.3 is 20.1 Å². The summed E-state index contributed by atoms with van der Waals surface area (Å²) in [5, 5.41) is 11.1. The predicted molar refractivity (Wildman–Crippen MR) is 55.1 cm³/mol. The number of urea groups is 1. The summed E-state index contributed by atoms with van der Waals surface area (Å²) in [5.41, 5.74) is 0. The summed E-state index contributed by atoms with van der Waals surface area (Å²) in [5.74, 6) is -1.02. The zero-order chi connectivity index (χ0) is 11.7. The Bertz CT molecular complexity index is 295. The predicted octanol–water partition coefficient (Wildman–Crippen LogP) is 0.0323. The van der Waals surface area contributed by atoms with E-state index in [4.69, 9.17) is 9.84 Å². The van der Waals surface area contributed by atoms with Gasteiger partial charge in [0.2, 0.25) is 0 Å². The van der Waals surface area contributed by atoms with Crippen molar-refractivity contribution >= 4 is 12.0 Å². The van der Waals surface area contributed by atoms with Crippen LogP contribution in [0.3, 0.4) is 0 Å². The first-order valence-corrected chi connectivity index (χ1v) is 5.50. The fraction of sp³-hybridized carbons (Fsp3) is 0.800. The van der Waals surface area contributed by atoms with Crippen LogP contribution in [0.15, 0.2) is 0 Å². The molecule has 2 aliphatic rings. The number of ether oxygens (including phenoxy) is 1. The van der Waals surface area contributed by atoms with Crippen LogP contribution in [0.2, 0.25) is 0 Å². The number of carbonyl (C=O) groups is 2. The topological polar surface area (TPSA) is 78.9 Å². The lowest BCUT2D eigenvalue weighted by atomic mass is 10.2. The lowest BCUT2D eigenvalue weighted by Gasteiger charge is -2.32. The molecular weight excluding hydrogens is 212 g/mol. The van der Waals surface area contributed by atoms with Gasteiger partial charge in [0.05, 0.1) is 12.2 Å². The molecule has 0 aliphatic carbocycles. The van der Waals surface area contributed by atoms with Crippen LogP contribution in [0.4, 0.5) is 4.79 Å². The van der Waals surface area contributed by atoms with Crippen LogP contribution >= 0.6 is 0 Å². The van der Waals surface area contributed by atoms with Crippen LogP contribution in [-0.4, -0.2) is 53.3 Å². The molecule has 0 saturated carbocycles. The van der Waals surface area contributed by atoms with E-state index in [1.165, 1.54) is 6.92 Å². The zero-order valence-corrected chi connectivity index (χ0v) is 9.18. The molecule has 0 aromatic carbocycles. The summed E-state index contributed by atoms with van der Waals surface area (Å²) in [7, 11) is 0. The second kappa shape index (κ2) is 4.29. The van der Waals surface area contributed by atoms with Gasteiger partial charge in [-0.25, -0.2) is 4.79 Å². The van der Waals surface area contributed by atoms with Gasteiger partial charge in [-0.1, -0.05) is 0 Å². The normalized spacial score (nSPS) is 29.9. The molecule has 2 bridgehead atoms. The standard InChI is InChI=1S/C10H16N2O4/c1-6(9(13)14)11-10(15)12-4-7-2-3-8(5-12)16-7/h6-8H,2-5H2,1H3,(H,11,15)(H,13,14)/t6-,7?,8?/m0/s1. The van der Waals surface area contributed by atoms with Gasteiger partial charge in [0.25, 0.3) is 0 Å². The molecule has 2 fully saturated rings. The monoisotopic (exact) mass is 228 g/mol. The molecule has 2 rings (SSSR count). The summed E-state index contributed by atoms with van der Waals surface area (Å²) in [6, 6.07) is -1.16. The van der Waals surface area contributed by atoms with E-state index in [-0.39, 0.29) is 18.2 Å². The fourth-order valence-corrected chi connectivity index (χ4v) is 2.12. The highest BCUT2D eigenvalue weighted by atomic mass is 16.5. The van der Waals surface area contributed by atoms with E-state index >= 15 is 0 Å². The van der Waals surface area contributed by atoms with Crippen molar-refractivity contribution in [2.75, 3.05) is 13.1 Å². The molecule has 2 N–H and O–H groups in total. The van der Waals surface area contributed by atoms with Gasteiger partial charge in [0.15, 0.2) is 0 Å².